The molecule has 1 aromatic heterocycles. The first-order valence-electron chi connectivity index (χ1n) is 7.43. The molecule has 23 heavy (non-hydrogen) atoms. The van der Waals surface area contributed by atoms with Crippen LogP contribution in [0.1, 0.15) is 35.9 Å². The van der Waals surface area contributed by atoms with Gasteiger partial charge >= 0.3 is 0 Å². The first-order valence-corrected chi connectivity index (χ1v) is 7.43. The van der Waals surface area contributed by atoms with Gasteiger partial charge in [-0.25, -0.2) is 5.43 Å². The van der Waals surface area contributed by atoms with Gasteiger partial charge in [0.05, 0.1) is 12.0 Å². The van der Waals surface area contributed by atoms with Crippen molar-refractivity contribution in [3.8, 4) is 0 Å². The van der Waals surface area contributed by atoms with Gasteiger partial charge in [-0.15, -0.1) is 0 Å². The van der Waals surface area contributed by atoms with Crippen LogP contribution in [0.4, 0.5) is 5.69 Å². The Morgan fingerprint density at radius 2 is 2.04 bits per heavy atom. The van der Waals surface area contributed by atoms with Crippen molar-refractivity contribution < 1.29 is 14.0 Å². The van der Waals surface area contributed by atoms with E-state index in [-0.39, 0.29) is 23.5 Å². The molecule has 0 unspecified atom stereocenters. The minimum atomic E-state index is -0.316. The summed E-state index contributed by atoms with van der Waals surface area (Å²) in [4.78, 5) is 23.6. The number of carbonyl (C=O) groups is 2. The highest BCUT2D eigenvalue weighted by Gasteiger charge is 2.29. The Kier molecular flexibility index (Phi) is 4.23. The topological polar surface area (TPSA) is 83.7 Å². The van der Waals surface area contributed by atoms with Crippen molar-refractivity contribution in [3.63, 3.8) is 0 Å². The average Bonchev–Trinajstić information content (AvgIpc) is 3.26. The second-order valence-electron chi connectivity index (χ2n) is 5.46. The van der Waals surface area contributed by atoms with Gasteiger partial charge in [0.15, 0.2) is 5.76 Å². The zero-order valence-corrected chi connectivity index (χ0v) is 12.7. The van der Waals surface area contributed by atoms with Gasteiger partial charge in [-0.2, -0.15) is 5.10 Å². The Morgan fingerprint density at radius 3 is 2.74 bits per heavy atom. The molecule has 1 aliphatic carbocycles. The molecule has 3 rings (SSSR count). The van der Waals surface area contributed by atoms with Gasteiger partial charge in [0.2, 0.25) is 5.91 Å². The molecule has 2 amide bonds. The van der Waals surface area contributed by atoms with Crippen LogP contribution in [-0.4, -0.2) is 17.5 Å². The van der Waals surface area contributed by atoms with Crippen LogP contribution in [0, 0.1) is 5.92 Å². The van der Waals surface area contributed by atoms with Crippen LogP contribution in [0.3, 0.4) is 0 Å². The highest BCUT2D eigenvalue weighted by Crippen LogP contribution is 2.28. The van der Waals surface area contributed by atoms with E-state index in [0.717, 1.165) is 18.4 Å². The first kappa shape index (κ1) is 15.0. The maximum Gasteiger partial charge on any atom is 0.291 e. The summed E-state index contributed by atoms with van der Waals surface area (Å²) in [6.07, 6.45) is 3.33. The third-order valence-corrected chi connectivity index (χ3v) is 3.57. The summed E-state index contributed by atoms with van der Waals surface area (Å²) >= 11 is 0. The van der Waals surface area contributed by atoms with E-state index < -0.39 is 0 Å². The Morgan fingerprint density at radius 1 is 1.22 bits per heavy atom. The number of anilines is 1. The van der Waals surface area contributed by atoms with Gasteiger partial charge in [0, 0.05) is 11.6 Å². The summed E-state index contributed by atoms with van der Waals surface area (Å²) < 4.78 is 5.06. The van der Waals surface area contributed by atoms with Gasteiger partial charge in [0.25, 0.3) is 5.91 Å². The number of benzene rings is 1. The molecule has 0 radical (unpaired) electrons. The number of nitrogens with one attached hydrogen (secondary N) is 2. The average molecular weight is 311 g/mol. The van der Waals surface area contributed by atoms with Crippen molar-refractivity contribution in [2.24, 2.45) is 11.0 Å². The minimum absolute atomic E-state index is 0.0355. The van der Waals surface area contributed by atoms with Gasteiger partial charge < -0.3 is 9.73 Å². The second kappa shape index (κ2) is 6.48. The predicted molar refractivity (Wildman–Crippen MR) is 86.2 cm³/mol. The van der Waals surface area contributed by atoms with Gasteiger partial charge in [0.1, 0.15) is 0 Å². The van der Waals surface area contributed by atoms with E-state index >= 15 is 0 Å². The molecule has 6 nitrogen and oxygen atoms in total. The number of carbonyl (C=O) groups excluding carboxylic acids is 2. The zero-order valence-electron chi connectivity index (χ0n) is 12.7. The van der Waals surface area contributed by atoms with E-state index in [4.69, 9.17) is 4.42 Å². The highest BCUT2D eigenvalue weighted by atomic mass is 16.3. The Balaban J connectivity index is 1.67. The van der Waals surface area contributed by atoms with Crippen molar-refractivity contribution >= 4 is 23.2 Å². The fourth-order valence-electron chi connectivity index (χ4n) is 2.06. The molecule has 6 heteroatoms. The van der Waals surface area contributed by atoms with Crippen LogP contribution in [0.5, 0.6) is 0 Å². The van der Waals surface area contributed by atoms with Gasteiger partial charge in [-0.1, -0.05) is 12.1 Å². The smallest absolute Gasteiger partial charge is 0.291 e. The summed E-state index contributed by atoms with van der Waals surface area (Å²) in [5.41, 5.74) is 4.70. The van der Waals surface area contributed by atoms with Crippen LogP contribution in [0.15, 0.2) is 52.2 Å². The zero-order chi connectivity index (χ0) is 16.2. The van der Waals surface area contributed by atoms with Crippen LogP contribution in [0.2, 0.25) is 0 Å². The van der Waals surface area contributed by atoms with Crippen molar-refractivity contribution in [1.29, 1.82) is 0 Å². The molecule has 1 aliphatic rings. The molecular formula is C17H17N3O3. The molecular weight excluding hydrogens is 294 g/mol. The molecule has 0 saturated heterocycles. The van der Waals surface area contributed by atoms with Crippen LogP contribution < -0.4 is 10.7 Å². The van der Waals surface area contributed by atoms with Crippen LogP contribution in [-0.2, 0) is 4.79 Å². The molecule has 0 atom stereocenters. The Hall–Kier alpha value is -2.89. The van der Waals surface area contributed by atoms with E-state index in [0.29, 0.717) is 11.4 Å². The summed E-state index contributed by atoms with van der Waals surface area (Å²) in [5, 5.41) is 6.87. The molecule has 2 aromatic rings. The number of furan rings is 1. The summed E-state index contributed by atoms with van der Waals surface area (Å²) in [6, 6.07) is 10.5. The van der Waals surface area contributed by atoms with E-state index in [1.165, 1.54) is 6.26 Å². The molecule has 0 aliphatic heterocycles. The van der Waals surface area contributed by atoms with Crippen LogP contribution >= 0.6 is 0 Å². The van der Waals surface area contributed by atoms with E-state index in [2.05, 4.69) is 15.8 Å². The normalized spacial score (nSPS) is 14.4. The highest BCUT2D eigenvalue weighted by molar-refractivity contribution is 6.04. The molecule has 1 aromatic carbocycles. The Labute approximate surface area is 133 Å². The predicted octanol–water partition coefficient (Wildman–Crippen LogP) is 2.78. The molecule has 1 heterocycles. The van der Waals surface area contributed by atoms with Crippen molar-refractivity contribution in [2.75, 3.05) is 5.32 Å². The first-order chi connectivity index (χ1) is 11.1. The quantitative estimate of drug-likeness (QED) is 0.658. The molecule has 0 spiro atoms. The molecule has 2 N–H and O–H groups in total. The minimum Gasteiger partial charge on any atom is -0.459 e. The maximum absolute atomic E-state index is 12.0. The summed E-state index contributed by atoms with van der Waals surface area (Å²) in [7, 11) is 0. The summed E-state index contributed by atoms with van der Waals surface area (Å²) in [5.74, 6) is 0.0124. The maximum atomic E-state index is 12.0. The van der Waals surface area contributed by atoms with Crippen molar-refractivity contribution in [1.82, 2.24) is 5.43 Å². The lowest BCUT2D eigenvalue weighted by molar-refractivity contribution is -0.122. The number of amides is 2. The lowest BCUT2D eigenvalue weighted by Gasteiger charge is -2.06. The Bertz CT molecular complexity index is 746. The van der Waals surface area contributed by atoms with Gasteiger partial charge in [-0.05, 0) is 49.6 Å². The number of hydrogen-bond donors (Lipinski definition) is 2. The van der Waals surface area contributed by atoms with E-state index in [9.17, 15) is 9.59 Å². The molecule has 1 saturated carbocycles. The largest absolute Gasteiger partial charge is 0.459 e. The molecule has 118 valence electrons. The third-order valence-electron chi connectivity index (χ3n) is 3.57. The van der Waals surface area contributed by atoms with Gasteiger partial charge in [-0.3, -0.25) is 9.59 Å². The fourth-order valence-corrected chi connectivity index (χ4v) is 2.06. The number of hydrogen-bond acceptors (Lipinski definition) is 4. The van der Waals surface area contributed by atoms with E-state index in [1.807, 2.05) is 12.1 Å². The monoisotopic (exact) mass is 311 g/mol. The third kappa shape index (κ3) is 3.85. The van der Waals surface area contributed by atoms with Crippen molar-refractivity contribution in [2.45, 2.75) is 19.8 Å². The van der Waals surface area contributed by atoms with Crippen molar-refractivity contribution in [3.05, 3.63) is 54.0 Å². The lowest BCUT2D eigenvalue weighted by Crippen LogP contribution is -2.20. The molecule has 0 bridgehead atoms. The number of hydrazone groups is 1. The van der Waals surface area contributed by atoms with Crippen LogP contribution in [0.25, 0.3) is 0 Å². The lowest BCUT2D eigenvalue weighted by atomic mass is 10.1. The molecule has 1 fully saturated rings. The van der Waals surface area contributed by atoms with E-state index in [1.54, 1.807) is 31.2 Å². The second-order valence-corrected chi connectivity index (χ2v) is 5.46. The SMILES string of the molecule is CC(=NNC(=O)C1CC1)c1cccc(NC(=O)c2ccco2)c1. The summed E-state index contributed by atoms with van der Waals surface area (Å²) in [6.45, 7) is 1.81. The standard InChI is InChI=1S/C17H17N3O3/c1-11(19-20-16(21)12-7-8-12)13-4-2-5-14(10-13)18-17(22)15-6-3-9-23-15/h2-6,9-10,12H,7-8H2,1H3,(H,18,22)(H,20,21). The number of rotatable bonds is 5. The fraction of sp³-hybridized carbons (Fsp3) is 0.235. The number of nitrogens with zero attached hydrogens (tertiary/aromatic N) is 1.